The zero-order chi connectivity index (χ0) is 42.8. The second-order valence-electron chi connectivity index (χ2n) is 6.43. The third kappa shape index (κ3) is 4.75. The Morgan fingerprint density at radius 1 is 1.40 bits per heavy atom. The van der Waals surface area contributed by atoms with E-state index in [1.165, 1.54) is 0 Å². The van der Waals surface area contributed by atoms with E-state index >= 15 is 0 Å². The predicted octanol–water partition coefficient (Wildman–Crippen LogP) is 3.56. The van der Waals surface area contributed by atoms with Crippen molar-refractivity contribution in [2.75, 3.05) is 27.3 Å². The van der Waals surface area contributed by atoms with E-state index in [0.717, 1.165) is 14.2 Å². The molecule has 3 unspecified atom stereocenters. The van der Waals surface area contributed by atoms with Crippen LogP contribution >= 0.6 is 0 Å². The van der Waals surface area contributed by atoms with Crippen LogP contribution in [-0.2, 0) is 15.9 Å². The summed E-state index contributed by atoms with van der Waals surface area (Å²) in [5, 5.41) is 0. The number of methoxy groups -OCH3 is 2. The first-order valence-electron chi connectivity index (χ1n) is 20.7. The molecule has 0 radical (unpaired) electrons. The van der Waals surface area contributed by atoms with Gasteiger partial charge in [0, 0.05) is 58.8 Å². The second-order valence-corrected chi connectivity index (χ2v) is 6.43. The van der Waals surface area contributed by atoms with Crippen LogP contribution in [0.5, 0.6) is 11.5 Å². The second kappa shape index (κ2) is 9.56. The Morgan fingerprint density at radius 3 is 2.80 bits per heavy atom. The number of carbonyl (C=O) groups excluding carboxylic acids is 1. The standard InChI is InChI=1S/C24H38N2O4/c1-14(2)9-17-13-26-8-7-16-10-21(28-5)22(29-6)11-18(16)19(26)12-20(17)30-24(27)23(25)15(3)4/h10-11,14-15,17,19-20,23H,7-9,12-13,25H2,1-6H3/t17?,19?,20?,23-/m0/s1/i1D3,2D3,3D3,4D3,7D2,8D2,9D2,10D,11D,14D,15D,20D,23D. The zero-order valence-corrected chi connectivity index (χ0v) is 16.2. The summed E-state index contributed by atoms with van der Waals surface area (Å²) in [7, 11) is 2.05. The van der Waals surface area contributed by atoms with E-state index in [1.807, 2.05) is 0 Å². The van der Waals surface area contributed by atoms with Crippen LogP contribution < -0.4 is 15.2 Å². The average molecular weight is 443 g/mol. The Morgan fingerprint density at radius 2 is 2.13 bits per heavy atom. The summed E-state index contributed by atoms with van der Waals surface area (Å²) in [6.45, 7) is -21.4. The minimum atomic E-state index is -4.27. The molecular formula is C24H38N2O4. The Hall–Kier alpha value is -1.79. The maximum Gasteiger partial charge on any atom is 0.323 e. The molecule has 2 N–H and O–H groups in total. The highest BCUT2D eigenvalue weighted by molar-refractivity contribution is 5.76. The SMILES string of the molecule is [2H]c1c(OC)c(OC)c([2H])c2c1C1CC([2H])(OC(=O)[C@@]([2H])(N)C([2H])(C([2H])([2H])[2H])C([2H])([2H])[2H])C(C([2H])([2H])C([2H])(C([2H])([2H])[2H])C([2H])([2H])[2H])CN1C([2H])([2H])C2([2H])[2H]. The summed E-state index contributed by atoms with van der Waals surface area (Å²) in [6, 6.07) is -7.86. The zero-order valence-electron chi connectivity index (χ0n) is 40.2. The molecule has 6 heteroatoms. The molecule has 168 valence electrons. The summed E-state index contributed by atoms with van der Waals surface area (Å²) < 4.78 is 215. The number of esters is 1. The van der Waals surface area contributed by atoms with Crippen molar-refractivity contribution in [3.63, 3.8) is 0 Å². The number of fused-ring (bicyclic) bond motifs is 3. The topological polar surface area (TPSA) is 74.0 Å². The quantitative estimate of drug-likeness (QED) is 0.651. The number of ether oxygens (including phenoxy) is 3. The number of rotatable bonds is 7. The van der Waals surface area contributed by atoms with Gasteiger partial charge in [0.2, 0.25) is 0 Å². The Labute approximate surface area is 214 Å². The van der Waals surface area contributed by atoms with Crippen LogP contribution in [0.4, 0.5) is 0 Å². The Kier molecular flexibility index (Phi) is 2.27. The van der Waals surface area contributed by atoms with Gasteiger partial charge in [-0.1, -0.05) is 27.4 Å². The molecule has 1 aromatic carbocycles. The molecule has 2 heterocycles. The van der Waals surface area contributed by atoms with E-state index in [9.17, 15) is 6.17 Å². The lowest BCUT2D eigenvalue weighted by Crippen LogP contribution is -2.51. The molecule has 2 aliphatic heterocycles. The lowest BCUT2D eigenvalue weighted by atomic mass is 9.79. The van der Waals surface area contributed by atoms with Gasteiger partial charge in [0.25, 0.3) is 0 Å². The van der Waals surface area contributed by atoms with Gasteiger partial charge in [0.1, 0.15) is 12.1 Å². The number of benzene rings is 1. The fourth-order valence-corrected chi connectivity index (χ4v) is 3.18. The largest absolute Gasteiger partial charge is 0.493 e. The summed E-state index contributed by atoms with van der Waals surface area (Å²) in [5.74, 6) is -15.0. The molecule has 4 atom stereocenters. The predicted molar refractivity (Wildman–Crippen MR) is 118 cm³/mol. The fraction of sp³-hybridized carbons (Fsp3) is 0.708. The molecule has 0 aliphatic carbocycles. The molecule has 0 spiro atoms. The summed E-state index contributed by atoms with van der Waals surface area (Å²) in [4.78, 5) is 14.3. The van der Waals surface area contributed by atoms with Crippen LogP contribution in [-0.4, -0.2) is 50.2 Å². The Balaban J connectivity index is 2.53. The number of hydrogen-bond acceptors (Lipinski definition) is 6. The van der Waals surface area contributed by atoms with Gasteiger partial charge in [0.15, 0.2) is 11.5 Å². The van der Waals surface area contributed by atoms with Crippen molar-refractivity contribution in [1.29, 1.82) is 0 Å². The van der Waals surface area contributed by atoms with Gasteiger partial charge in [-0.05, 0) is 47.7 Å². The van der Waals surface area contributed by atoms with Crippen LogP contribution in [0.3, 0.4) is 0 Å². The average Bonchev–Trinajstić information content (AvgIpc) is 2.96. The molecule has 0 bridgehead atoms. The van der Waals surface area contributed by atoms with Gasteiger partial charge in [-0.2, -0.15) is 0 Å². The van der Waals surface area contributed by atoms with Gasteiger partial charge in [-0.25, -0.2) is 0 Å². The number of hydrogen-bond donors (Lipinski definition) is 1. The van der Waals surface area contributed by atoms with Crippen molar-refractivity contribution < 1.29 is 51.9 Å². The van der Waals surface area contributed by atoms with Crippen molar-refractivity contribution in [2.24, 2.45) is 23.4 Å². The molecule has 2 aliphatic rings. The van der Waals surface area contributed by atoms with Crippen LogP contribution in [0.15, 0.2) is 12.1 Å². The van der Waals surface area contributed by atoms with Gasteiger partial charge in [0.05, 0.1) is 19.7 Å². The van der Waals surface area contributed by atoms with E-state index in [2.05, 4.69) is 0 Å². The number of nitrogens with two attached hydrogens (primary N) is 1. The first kappa shape index (κ1) is 7.11. The molecular weight excluding hydrogens is 380 g/mol. The van der Waals surface area contributed by atoms with E-state index in [-0.39, 0.29) is 0 Å². The molecule has 0 amide bonds. The van der Waals surface area contributed by atoms with Crippen LogP contribution in [0, 0.1) is 17.7 Å². The van der Waals surface area contributed by atoms with Crippen LogP contribution in [0.25, 0.3) is 0 Å². The lowest BCUT2D eigenvalue weighted by Gasteiger charge is -2.47. The molecule has 3 rings (SSSR count). The molecule has 0 aromatic heterocycles. The first-order chi connectivity index (χ1) is 23.7. The van der Waals surface area contributed by atoms with Crippen molar-refractivity contribution in [3.05, 3.63) is 23.2 Å². The normalized spacial score (nSPS) is 46.4. The molecule has 1 fully saturated rings. The van der Waals surface area contributed by atoms with Gasteiger partial charge in [-0.15, -0.1) is 0 Å². The summed E-state index contributed by atoms with van der Waals surface area (Å²) in [5.41, 5.74) is 4.15. The van der Waals surface area contributed by atoms with E-state index in [0.29, 0.717) is 4.90 Å². The minimum Gasteiger partial charge on any atom is -0.493 e. The van der Waals surface area contributed by atoms with Crippen LogP contribution in [0.1, 0.15) is 90.3 Å². The molecule has 1 aromatic rings. The molecule has 6 nitrogen and oxygen atoms in total. The highest BCUT2D eigenvalue weighted by atomic mass is 16.5. The lowest BCUT2D eigenvalue weighted by molar-refractivity contribution is -0.160. The van der Waals surface area contributed by atoms with Crippen LogP contribution in [0.2, 0.25) is 0 Å². The van der Waals surface area contributed by atoms with Crippen molar-refractivity contribution in [3.8, 4) is 11.5 Å². The van der Waals surface area contributed by atoms with E-state index in [1.54, 1.807) is 0 Å². The maximum absolute atomic E-state index is 13.8. The van der Waals surface area contributed by atoms with E-state index < -0.39 is 136 Å². The number of carbonyl (C=O) groups is 1. The monoisotopic (exact) mass is 442 g/mol. The van der Waals surface area contributed by atoms with Crippen molar-refractivity contribution in [2.45, 2.75) is 64.7 Å². The van der Waals surface area contributed by atoms with Gasteiger partial charge in [-0.3, -0.25) is 9.69 Å². The molecule has 1 saturated heterocycles. The Bertz CT molecular complexity index is 1620. The van der Waals surface area contributed by atoms with Crippen molar-refractivity contribution in [1.82, 2.24) is 4.90 Å². The van der Waals surface area contributed by atoms with Gasteiger partial charge < -0.3 is 19.9 Å². The van der Waals surface area contributed by atoms with Gasteiger partial charge >= 0.3 is 5.97 Å². The fourth-order valence-electron chi connectivity index (χ4n) is 3.18. The third-order valence-electron chi connectivity index (χ3n) is 4.60. The van der Waals surface area contributed by atoms with Crippen molar-refractivity contribution >= 4 is 5.97 Å². The molecule has 0 saturated carbocycles. The third-order valence-corrected chi connectivity index (χ3v) is 4.60. The van der Waals surface area contributed by atoms with E-state index in [4.69, 9.17) is 51.5 Å². The summed E-state index contributed by atoms with van der Waals surface area (Å²) in [6.07, 6.45) is -12.6. The minimum absolute atomic E-state index is 0.442. The number of nitrogens with zero attached hydrogens (tertiary/aromatic N) is 1. The smallest absolute Gasteiger partial charge is 0.323 e. The number of piperidine rings is 1. The summed E-state index contributed by atoms with van der Waals surface area (Å²) >= 11 is 0. The maximum atomic E-state index is 13.8. The highest BCUT2D eigenvalue weighted by Crippen LogP contribution is 2.44. The highest BCUT2D eigenvalue weighted by Gasteiger charge is 2.41. The molecule has 30 heavy (non-hydrogen) atoms. The first-order valence-corrected chi connectivity index (χ1v) is 8.71.